The van der Waals surface area contributed by atoms with Crippen LogP contribution in [-0.4, -0.2) is 30.1 Å². The van der Waals surface area contributed by atoms with Gasteiger partial charge in [0.2, 0.25) is 0 Å². The van der Waals surface area contributed by atoms with E-state index in [1.54, 1.807) is 0 Å². The van der Waals surface area contributed by atoms with Gasteiger partial charge in [-0.3, -0.25) is 4.79 Å². The number of rotatable bonds is 4. The second-order valence-electron chi connectivity index (χ2n) is 6.63. The van der Waals surface area contributed by atoms with E-state index < -0.39 is 0 Å². The van der Waals surface area contributed by atoms with E-state index in [0.717, 1.165) is 38.2 Å². The van der Waals surface area contributed by atoms with E-state index in [2.05, 4.69) is 22.1 Å². The average molecular weight is 275 g/mol. The molecule has 0 bridgehead atoms. The SMILES string of the molecule is CC1(CNC(=O)c2cccn2C2CCC2)CCNCC1. The highest BCUT2D eigenvalue weighted by atomic mass is 16.1. The van der Waals surface area contributed by atoms with Crippen molar-refractivity contribution in [2.75, 3.05) is 19.6 Å². The minimum Gasteiger partial charge on any atom is -0.350 e. The summed E-state index contributed by atoms with van der Waals surface area (Å²) in [6.45, 7) is 5.18. The topological polar surface area (TPSA) is 46.1 Å². The second kappa shape index (κ2) is 5.60. The van der Waals surface area contributed by atoms with Gasteiger partial charge >= 0.3 is 0 Å². The molecule has 4 nitrogen and oxygen atoms in total. The Morgan fingerprint density at radius 3 is 2.85 bits per heavy atom. The van der Waals surface area contributed by atoms with Crippen molar-refractivity contribution in [2.45, 2.75) is 45.1 Å². The summed E-state index contributed by atoms with van der Waals surface area (Å²) in [5.41, 5.74) is 1.07. The van der Waals surface area contributed by atoms with Gasteiger partial charge in [-0.15, -0.1) is 0 Å². The van der Waals surface area contributed by atoms with Crippen molar-refractivity contribution >= 4 is 5.91 Å². The molecular formula is C16H25N3O. The van der Waals surface area contributed by atoms with Crippen LogP contribution in [0, 0.1) is 5.41 Å². The highest BCUT2D eigenvalue weighted by molar-refractivity contribution is 5.92. The van der Waals surface area contributed by atoms with Crippen LogP contribution in [0.25, 0.3) is 0 Å². The van der Waals surface area contributed by atoms with Gasteiger partial charge in [0, 0.05) is 18.8 Å². The zero-order valence-corrected chi connectivity index (χ0v) is 12.3. The minimum absolute atomic E-state index is 0.0849. The number of nitrogens with one attached hydrogen (secondary N) is 2. The number of carbonyl (C=O) groups excluding carboxylic acids is 1. The number of hydrogen-bond donors (Lipinski definition) is 2. The molecule has 2 N–H and O–H groups in total. The van der Waals surface area contributed by atoms with Gasteiger partial charge in [0.15, 0.2) is 0 Å². The normalized spacial score (nSPS) is 22.2. The number of carbonyl (C=O) groups is 1. The molecule has 2 aliphatic rings. The second-order valence-corrected chi connectivity index (χ2v) is 6.63. The van der Waals surface area contributed by atoms with Crippen LogP contribution in [0.1, 0.15) is 55.6 Å². The molecule has 2 heterocycles. The number of piperidine rings is 1. The highest BCUT2D eigenvalue weighted by Gasteiger charge is 2.28. The summed E-state index contributed by atoms with van der Waals surface area (Å²) in [6, 6.07) is 4.47. The van der Waals surface area contributed by atoms with E-state index in [1.807, 2.05) is 18.3 Å². The number of amides is 1. The lowest BCUT2D eigenvalue weighted by Gasteiger charge is -2.34. The zero-order valence-electron chi connectivity index (χ0n) is 12.3. The van der Waals surface area contributed by atoms with Crippen molar-refractivity contribution in [1.82, 2.24) is 15.2 Å². The number of aromatic nitrogens is 1. The Labute approximate surface area is 120 Å². The molecule has 1 aromatic rings. The van der Waals surface area contributed by atoms with Gasteiger partial charge in [0.1, 0.15) is 5.69 Å². The third-order valence-corrected chi connectivity index (χ3v) is 4.97. The highest BCUT2D eigenvalue weighted by Crippen LogP contribution is 2.33. The van der Waals surface area contributed by atoms with Crippen LogP contribution in [0.2, 0.25) is 0 Å². The van der Waals surface area contributed by atoms with E-state index in [9.17, 15) is 4.79 Å². The number of hydrogen-bond acceptors (Lipinski definition) is 2. The Balaban J connectivity index is 1.60. The summed E-state index contributed by atoms with van der Waals surface area (Å²) < 4.78 is 2.16. The van der Waals surface area contributed by atoms with Crippen molar-refractivity contribution in [3.63, 3.8) is 0 Å². The molecule has 1 saturated heterocycles. The van der Waals surface area contributed by atoms with E-state index in [0.29, 0.717) is 6.04 Å². The summed E-state index contributed by atoms with van der Waals surface area (Å²) in [4.78, 5) is 12.4. The molecule has 0 radical (unpaired) electrons. The zero-order chi connectivity index (χ0) is 14.0. The quantitative estimate of drug-likeness (QED) is 0.886. The van der Waals surface area contributed by atoms with E-state index in [1.165, 1.54) is 19.3 Å². The first-order valence-corrected chi connectivity index (χ1v) is 7.84. The summed E-state index contributed by atoms with van der Waals surface area (Å²) >= 11 is 0. The first-order chi connectivity index (χ1) is 9.68. The van der Waals surface area contributed by atoms with Crippen LogP contribution in [-0.2, 0) is 0 Å². The fourth-order valence-corrected chi connectivity index (χ4v) is 3.16. The van der Waals surface area contributed by atoms with Gasteiger partial charge in [0.05, 0.1) is 0 Å². The average Bonchev–Trinajstić information content (AvgIpc) is 2.84. The Morgan fingerprint density at radius 1 is 1.45 bits per heavy atom. The van der Waals surface area contributed by atoms with Gasteiger partial charge < -0.3 is 15.2 Å². The lowest BCUT2D eigenvalue weighted by atomic mass is 9.81. The van der Waals surface area contributed by atoms with Crippen molar-refractivity contribution < 1.29 is 4.79 Å². The van der Waals surface area contributed by atoms with Gasteiger partial charge in [-0.2, -0.15) is 0 Å². The third kappa shape index (κ3) is 2.75. The van der Waals surface area contributed by atoms with Crippen molar-refractivity contribution in [3.8, 4) is 0 Å². The monoisotopic (exact) mass is 275 g/mol. The van der Waals surface area contributed by atoms with Gasteiger partial charge in [-0.05, 0) is 62.7 Å². The Morgan fingerprint density at radius 2 is 2.20 bits per heavy atom. The van der Waals surface area contributed by atoms with Gasteiger partial charge in [-0.25, -0.2) is 0 Å². The predicted octanol–water partition coefficient (Wildman–Crippen LogP) is 2.33. The molecule has 0 aromatic carbocycles. The lowest BCUT2D eigenvalue weighted by Crippen LogP contribution is -2.43. The van der Waals surface area contributed by atoms with E-state index >= 15 is 0 Å². The first kappa shape index (κ1) is 13.7. The molecule has 1 aliphatic heterocycles. The molecule has 110 valence electrons. The van der Waals surface area contributed by atoms with Crippen LogP contribution in [0.5, 0.6) is 0 Å². The van der Waals surface area contributed by atoms with Crippen LogP contribution in [0.15, 0.2) is 18.3 Å². The number of nitrogens with zero attached hydrogens (tertiary/aromatic N) is 1. The standard InChI is InChI=1S/C16H25N3O/c1-16(7-9-17-10-8-16)12-18-15(20)14-6-3-11-19(14)13-4-2-5-13/h3,6,11,13,17H,2,4-5,7-10,12H2,1H3,(H,18,20). The van der Waals surface area contributed by atoms with Crippen LogP contribution >= 0.6 is 0 Å². The summed E-state index contributed by atoms with van der Waals surface area (Å²) in [5.74, 6) is 0.0849. The van der Waals surface area contributed by atoms with Gasteiger partial charge in [0.25, 0.3) is 5.91 Å². The summed E-state index contributed by atoms with van der Waals surface area (Å²) in [5, 5.41) is 6.53. The lowest BCUT2D eigenvalue weighted by molar-refractivity contribution is 0.0907. The molecule has 20 heavy (non-hydrogen) atoms. The molecule has 0 spiro atoms. The van der Waals surface area contributed by atoms with Crippen LogP contribution in [0.4, 0.5) is 0 Å². The van der Waals surface area contributed by atoms with E-state index in [-0.39, 0.29) is 11.3 Å². The van der Waals surface area contributed by atoms with Crippen molar-refractivity contribution in [2.24, 2.45) is 5.41 Å². The predicted molar refractivity (Wildman–Crippen MR) is 79.9 cm³/mol. The van der Waals surface area contributed by atoms with Crippen molar-refractivity contribution in [3.05, 3.63) is 24.0 Å². The fourth-order valence-electron chi connectivity index (χ4n) is 3.16. The molecule has 0 atom stereocenters. The fraction of sp³-hybridized carbons (Fsp3) is 0.688. The Kier molecular flexibility index (Phi) is 3.83. The minimum atomic E-state index is 0.0849. The van der Waals surface area contributed by atoms with Crippen LogP contribution < -0.4 is 10.6 Å². The third-order valence-electron chi connectivity index (χ3n) is 4.97. The van der Waals surface area contributed by atoms with Crippen LogP contribution in [0.3, 0.4) is 0 Å². The Bertz CT molecular complexity index is 470. The largest absolute Gasteiger partial charge is 0.350 e. The first-order valence-electron chi connectivity index (χ1n) is 7.84. The molecule has 1 aromatic heterocycles. The Hall–Kier alpha value is -1.29. The molecule has 1 saturated carbocycles. The van der Waals surface area contributed by atoms with E-state index in [4.69, 9.17) is 0 Å². The molecule has 1 aliphatic carbocycles. The molecule has 3 rings (SSSR count). The summed E-state index contributed by atoms with van der Waals surface area (Å²) in [6.07, 6.45) is 8.02. The maximum atomic E-state index is 12.4. The molecule has 4 heteroatoms. The van der Waals surface area contributed by atoms with Crippen molar-refractivity contribution in [1.29, 1.82) is 0 Å². The maximum Gasteiger partial charge on any atom is 0.267 e. The molecule has 2 fully saturated rings. The van der Waals surface area contributed by atoms with Gasteiger partial charge in [-0.1, -0.05) is 6.92 Å². The summed E-state index contributed by atoms with van der Waals surface area (Å²) in [7, 11) is 0. The molecule has 1 amide bonds. The smallest absolute Gasteiger partial charge is 0.267 e. The molecule has 0 unspecified atom stereocenters. The maximum absolute atomic E-state index is 12.4. The molecular weight excluding hydrogens is 250 g/mol.